The Labute approximate surface area is 201 Å². The molecule has 3 aromatic rings. The van der Waals surface area contributed by atoms with Gasteiger partial charge in [0.1, 0.15) is 18.1 Å². The summed E-state index contributed by atoms with van der Waals surface area (Å²) in [7, 11) is -0.668. The minimum absolute atomic E-state index is 0.0926. The molecule has 0 fully saturated rings. The van der Waals surface area contributed by atoms with Gasteiger partial charge < -0.3 is 14.8 Å². The van der Waals surface area contributed by atoms with Gasteiger partial charge in [-0.2, -0.15) is 0 Å². The van der Waals surface area contributed by atoms with E-state index in [1.807, 2.05) is 54.6 Å². The third-order valence-electron chi connectivity index (χ3n) is 5.07. The van der Waals surface area contributed by atoms with E-state index in [9.17, 15) is 13.2 Å². The van der Waals surface area contributed by atoms with Gasteiger partial charge in [-0.15, -0.1) is 0 Å². The van der Waals surface area contributed by atoms with E-state index in [0.717, 1.165) is 34.2 Å². The maximum absolute atomic E-state index is 12.4. The second kappa shape index (κ2) is 12.2. The molecule has 0 saturated carbocycles. The minimum Gasteiger partial charge on any atom is -0.494 e. The molecular weight excluding hydrogens is 452 g/mol. The SMILES string of the molecule is CN(C)S(=O)(=O)c1cccc(C(=O)NCCCCOc2ccc(OCc3ccccc3)cc2)c1. The molecule has 0 unspecified atom stereocenters. The summed E-state index contributed by atoms with van der Waals surface area (Å²) in [5.74, 6) is 1.24. The zero-order chi connectivity index (χ0) is 24.4. The molecule has 0 bridgehead atoms. The van der Waals surface area contributed by atoms with Crippen molar-refractivity contribution < 1.29 is 22.7 Å². The first-order chi connectivity index (χ1) is 16.4. The molecule has 1 N–H and O–H groups in total. The van der Waals surface area contributed by atoms with Crippen LogP contribution in [-0.4, -0.2) is 45.9 Å². The summed E-state index contributed by atoms with van der Waals surface area (Å²) in [6.07, 6.45) is 1.50. The highest BCUT2D eigenvalue weighted by Crippen LogP contribution is 2.19. The van der Waals surface area contributed by atoms with E-state index in [0.29, 0.717) is 25.3 Å². The zero-order valence-corrected chi connectivity index (χ0v) is 20.3. The molecule has 0 aromatic heterocycles. The number of rotatable bonds is 12. The number of unbranched alkanes of at least 4 members (excludes halogenated alkanes) is 1. The van der Waals surface area contributed by atoms with Crippen molar-refractivity contribution in [3.05, 3.63) is 90.0 Å². The highest BCUT2D eigenvalue weighted by molar-refractivity contribution is 7.89. The Kier molecular flexibility index (Phi) is 9.07. The smallest absolute Gasteiger partial charge is 0.251 e. The Balaban J connectivity index is 1.35. The van der Waals surface area contributed by atoms with Gasteiger partial charge >= 0.3 is 0 Å². The van der Waals surface area contributed by atoms with E-state index in [1.54, 1.807) is 12.1 Å². The number of sulfonamides is 1. The Morgan fingerprint density at radius 1 is 0.853 bits per heavy atom. The monoisotopic (exact) mass is 482 g/mol. The average molecular weight is 483 g/mol. The molecular formula is C26H30N2O5S. The summed E-state index contributed by atoms with van der Waals surface area (Å²) in [5, 5.41) is 2.82. The van der Waals surface area contributed by atoms with Gasteiger partial charge in [0.15, 0.2) is 0 Å². The van der Waals surface area contributed by atoms with Gasteiger partial charge in [-0.05, 0) is 60.9 Å². The van der Waals surface area contributed by atoms with Crippen LogP contribution in [0.4, 0.5) is 0 Å². The van der Waals surface area contributed by atoms with Crippen molar-refractivity contribution in [2.75, 3.05) is 27.2 Å². The topological polar surface area (TPSA) is 84.9 Å². The van der Waals surface area contributed by atoms with Crippen LogP contribution in [0, 0.1) is 0 Å². The van der Waals surface area contributed by atoms with Crippen LogP contribution in [-0.2, 0) is 16.6 Å². The molecule has 1 amide bonds. The molecule has 0 radical (unpaired) electrons. The summed E-state index contributed by atoms with van der Waals surface area (Å²) in [6.45, 7) is 1.51. The second-order valence-corrected chi connectivity index (χ2v) is 10.0. The molecule has 0 saturated heterocycles. The molecule has 7 nitrogen and oxygen atoms in total. The van der Waals surface area contributed by atoms with Crippen molar-refractivity contribution in [3.8, 4) is 11.5 Å². The van der Waals surface area contributed by atoms with Gasteiger partial charge in [-0.25, -0.2) is 12.7 Å². The van der Waals surface area contributed by atoms with Gasteiger partial charge in [0.25, 0.3) is 5.91 Å². The minimum atomic E-state index is -3.58. The number of amides is 1. The molecule has 8 heteroatoms. The van der Waals surface area contributed by atoms with Gasteiger partial charge in [0.05, 0.1) is 11.5 Å². The summed E-state index contributed by atoms with van der Waals surface area (Å²) in [5.41, 5.74) is 1.43. The van der Waals surface area contributed by atoms with Crippen LogP contribution in [0.1, 0.15) is 28.8 Å². The van der Waals surface area contributed by atoms with Crippen LogP contribution in [0.2, 0.25) is 0 Å². The van der Waals surface area contributed by atoms with E-state index in [1.165, 1.54) is 26.2 Å². The number of nitrogens with one attached hydrogen (secondary N) is 1. The Hall–Kier alpha value is -3.36. The van der Waals surface area contributed by atoms with Crippen LogP contribution in [0.5, 0.6) is 11.5 Å². The highest BCUT2D eigenvalue weighted by atomic mass is 32.2. The number of hydrogen-bond acceptors (Lipinski definition) is 5. The molecule has 0 atom stereocenters. The summed E-state index contributed by atoms with van der Waals surface area (Å²) >= 11 is 0. The van der Waals surface area contributed by atoms with E-state index in [4.69, 9.17) is 9.47 Å². The van der Waals surface area contributed by atoms with Crippen molar-refractivity contribution in [2.45, 2.75) is 24.3 Å². The predicted octanol–water partition coefficient (Wildman–Crippen LogP) is 4.10. The van der Waals surface area contributed by atoms with E-state index < -0.39 is 10.0 Å². The molecule has 34 heavy (non-hydrogen) atoms. The second-order valence-electron chi connectivity index (χ2n) is 7.87. The van der Waals surface area contributed by atoms with Crippen molar-refractivity contribution in [3.63, 3.8) is 0 Å². The van der Waals surface area contributed by atoms with Gasteiger partial charge in [0.2, 0.25) is 10.0 Å². The van der Waals surface area contributed by atoms with Crippen molar-refractivity contribution in [1.82, 2.24) is 9.62 Å². The van der Waals surface area contributed by atoms with Crippen LogP contribution < -0.4 is 14.8 Å². The molecule has 3 aromatic carbocycles. The molecule has 0 aliphatic rings. The van der Waals surface area contributed by atoms with Crippen LogP contribution in [0.3, 0.4) is 0 Å². The quantitative estimate of drug-likeness (QED) is 0.393. The van der Waals surface area contributed by atoms with Gasteiger partial charge in [0, 0.05) is 26.2 Å². The lowest BCUT2D eigenvalue weighted by molar-refractivity contribution is 0.0952. The first-order valence-electron chi connectivity index (χ1n) is 11.1. The number of carbonyl (C=O) groups excluding carboxylic acids is 1. The van der Waals surface area contributed by atoms with Gasteiger partial charge in [-0.3, -0.25) is 4.79 Å². The normalized spacial score (nSPS) is 11.3. The third kappa shape index (κ3) is 7.33. The number of carbonyl (C=O) groups is 1. The fraction of sp³-hybridized carbons (Fsp3) is 0.269. The Morgan fingerprint density at radius 3 is 2.21 bits per heavy atom. The number of nitrogens with zero attached hydrogens (tertiary/aromatic N) is 1. The Morgan fingerprint density at radius 2 is 1.53 bits per heavy atom. The largest absolute Gasteiger partial charge is 0.494 e. The zero-order valence-electron chi connectivity index (χ0n) is 19.4. The number of benzene rings is 3. The summed E-state index contributed by atoms with van der Waals surface area (Å²) in [4.78, 5) is 12.5. The average Bonchev–Trinajstić information content (AvgIpc) is 2.86. The lowest BCUT2D eigenvalue weighted by Gasteiger charge is -2.12. The lowest BCUT2D eigenvalue weighted by Crippen LogP contribution is -2.26. The summed E-state index contributed by atoms with van der Waals surface area (Å²) in [6, 6.07) is 23.5. The standard InChI is InChI=1S/C26H30N2O5S/c1-28(2)34(30,31)25-12-8-11-22(19-25)26(29)27-17-6-7-18-32-23-13-15-24(16-14-23)33-20-21-9-4-3-5-10-21/h3-5,8-16,19H,6-7,17-18,20H2,1-2H3,(H,27,29). The Bertz CT molecular complexity index is 1160. The van der Waals surface area contributed by atoms with E-state index in [2.05, 4.69) is 5.32 Å². The lowest BCUT2D eigenvalue weighted by atomic mass is 10.2. The van der Waals surface area contributed by atoms with Gasteiger partial charge in [-0.1, -0.05) is 36.4 Å². The predicted molar refractivity (Wildman–Crippen MR) is 132 cm³/mol. The highest BCUT2D eigenvalue weighted by Gasteiger charge is 2.18. The summed E-state index contributed by atoms with van der Waals surface area (Å²) < 4.78 is 37.1. The third-order valence-corrected chi connectivity index (χ3v) is 6.88. The van der Waals surface area contributed by atoms with E-state index >= 15 is 0 Å². The number of hydrogen-bond donors (Lipinski definition) is 1. The van der Waals surface area contributed by atoms with Crippen molar-refractivity contribution >= 4 is 15.9 Å². The van der Waals surface area contributed by atoms with Crippen molar-refractivity contribution in [2.24, 2.45) is 0 Å². The fourth-order valence-corrected chi connectivity index (χ4v) is 4.05. The molecule has 0 aliphatic heterocycles. The molecule has 0 heterocycles. The van der Waals surface area contributed by atoms with Crippen LogP contribution in [0.25, 0.3) is 0 Å². The van der Waals surface area contributed by atoms with Crippen molar-refractivity contribution in [1.29, 1.82) is 0 Å². The molecule has 0 aliphatic carbocycles. The molecule has 180 valence electrons. The fourth-order valence-electron chi connectivity index (χ4n) is 3.10. The van der Waals surface area contributed by atoms with E-state index in [-0.39, 0.29) is 10.8 Å². The van der Waals surface area contributed by atoms with Crippen LogP contribution >= 0.6 is 0 Å². The maximum Gasteiger partial charge on any atom is 0.251 e. The maximum atomic E-state index is 12.4. The first-order valence-corrected chi connectivity index (χ1v) is 12.5. The molecule has 3 rings (SSSR count). The molecule has 0 spiro atoms. The first kappa shape index (κ1) is 25.3. The number of ether oxygens (including phenoxy) is 2. The van der Waals surface area contributed by atoms with Crippen LogP contribution in [0.15, 0.2) is 83.8 Å².